The molecule has 0 atom stereocenters. The molecule has 0 aliphatic carbocycles. The van der Waals surface area contributed by atoms with Crippen molar-refractivity contribution in [2.24, 2.45) is 0 Å². The highest BCUT2D eigenvalue weighted by molar-refractivity contribution is 5.97. The monoisotopic (exact) mass is 263 g/mol. The van der Waals surface area contributed by atoms with Crippen LogP contribution in [0.15, 0.2) is 18.2 Å². The Morgan fingerprint density at radius 1 is 1.21 bits per heavy atom. The maximum Gasteiger partial charge on any atom is 0.257 e. The summed E-state index contributed by atoms with van der Waals surface area (Å²) in [5.74, 6) is 1.22. The molecule has 103 valence electrons. The van der Waals surface area contributed by atoms with Gasteiger partial charge in [0.2, 0.25) is 0 Å². The van der Waals surface area contributed by atoms with Crippen LogP contribution in [0, 0.1) is 0 Å². The van der Waals surface area contributed by atoms with Crippen molar-refractivity contribution >= 4 is 5.91 Å². The van der Waals surface area contributed by atoms with Gasteiger partial charge < -0.3 is 14.4 Å². The fraction of sp³-hybridized carbons (Fsp3) is 0.500. The summed E-state index contributed by atoms with van der Waals surface area (Å²) in [6, 6.07) is 5.26. The Morgan fingerprint density at radius 3 is 2.79 bits per heavy atom. The molecular formula is C14H19N2O3. The molecule has 19 heavy (non-hydrogen) atoms. The molecular weight excluding hydrogens is 244 g/mol. The summed E-state index contributed by atoms with van der Waals surface area (Å²) in [6.45, 7) is 2.97. The molecule has 0 spiro atoms. The zero-order valence-electron chi connectivity index (χ0n) is 11.4. The van der Waals surface area contributed by atoms with E-state index >= 15 is 0 Å². The van der Waals surface area contributed by atoms with Crippen LogP contribution in [0.25, 0.3) is 0 Å². The number of hydrogen-bond donors (Lipinski definition) is 0. The standard InChI is InChI=1S/C14H19N2O3/c1-18-11-4-5-12(13(10-11)19-2)14(17)16-8-3-6-15-7-9-16/h4-5,10H,3,6-9H2,1-2H3. The van der Waals surface area contributed by atoms with Crippen molar-refractivity contribution in [3.05, 3.63) is 23.8 Å². The van der Waals surface area contributed by atoms with Crippen molar-refractivity contribution in [1.82, 2.24) is 10.2 Å². The summed E-state index contributed by atoms with van der Waals surface area (Å²) in [5.41, 5.74) is 0.574. The number of ether oxygens (including phenoxy) is 2. The fourth-order valence-corrected chi connectivity index (χ4v) is 2.14. The lowest BCUT2D eigenvalue weighted by Crippen LogP contribution is -2.33. The molecule has 1 aromatic carbocycles. The van der Waals surface area contributed by atoms with Crippen molar-refractivity contribution in [3.8, 4) is 11.5 Å². The average Bonchev–Trinajstić information content (AvgIpc) is 2.74. The molecule has 1 fully saturated rings. The number of benzene rings is 1. The Morgan fingerprint density at radius 2 is 2.05 bits per heavy atom. The highest BCUT2D eigenvalue weighted by Gasteiger charge is 2.21. The van der Waals surface area contributed by atoms with Crippen molar-refractivity contribution in [2.75, 3.05) is 40.4 Å². The Kier molecular flexibility index (Phi) is 4.63. The summed E-state index contributed by atoms with van der Waals surface area (Å²) >= 11 is 0. The van der Waals surface area contributed by atoms with Crippen LogP contribution in [-0.2, 0) is 0 Å². The van der Waals surface area contributed by atoms with Crippen LogP contribution in [0.3, 0.4) is 0 Å². The summed E-state index contributed by atoms with van der Waals surface area (Å²) < 4.78 is 10.4. The van der Waals surface area contributed by atoms with E-state index in [-0.39, 0.29) is 5.91 Å². The second-order valence-electron chi connectivity index (χ2n) is 4.38. The third-order valence-corrected chi connectivity index (χ3v) is 3.20. The number of carbonyl (C=O) groups is 1. The average molecular weight is 263 g/mol. The van der Waals surface area contributed by atoms with Gasteiger partial charge in [0.15, 0.2) is 0 Å². The van der Waals surface area contributed by atoms with E-state index in [1.54, 1.807) is 32.4 Å². The zero-order valence-corrected chi connectivity index (χ0v) is 11.4. The largest absolute Gasteiger partial charge is 0.497 e. The maximum atomic E-state index is 12.5. The van der Waals surface area contributed by atoms with Crippen LogP contribution in [0.2, 0.25) is 0 Å². The van der Waals surface area contributed by atoms with Gasteiger partial charge in [-0.15, -0.1) is 0 Å². The SMILES string of the molecule is COc1ccc(C(=O)N2CCC[N]CC2)c(OC)c1. The molecule has 1 amide bonds. The Bertz CT molecular complexity index is 440. The van der Waals surface area contributed by atoms with Gasteiger partial charge in [-0.25, -0.2) is 5.32 Å². The quantitative estimate of drug-likeness (QED) is 0.822. The van der Waals surface area contributed by atoms with Crippen LogP contribution in [0.4, 0.5) is 0 Å². The first-order chi connectivity index (χ1) is 9.26. The number of nitrogens with zero attached hydrogens (tertiary/aromatic N) is 2. The normalized spacial score (nSPS) is 15.8. The van der Waals surface area contributed by atoms with Gasteiger partial charge >= 0.3 is 0 Å². The molecule has 0 aromatic heterocycles. The molecule has 1 aliphatic heterocycles. The molecule has 0 N–H and O–H groups in total. The third kappa shape index (κ3) is 3.17. The summed E-state index contributed by atoms with van der Waals surface area (Å²) in [5, 5.41) is 4.32. The zero-order chi connectivity index (χ0) is 13.7. The van der Waals surface area contributed by atoms with Gasteiger partial charge in [0.1, 0.15) is 11.5 Å². The molecule has 1 aromatic rings. The number of methoxy groups -OCH3 is 2. The summed E-state index contributed by atoms with van der Waals surface area (Å²) in [7, 11) is 3.15. The van der Waals surface area contributed by atoms with Crippen LogP contribution >= 0.6 is 0 Å². The van der Waals surface area contributed by atoms with Crippen LogP contribution in [0.5, 0.6) is 11.5 Å². The Labute approximate surface area is 113 Å². The van der Waals surface area contributed by atoms with Crippen molar-refractivity contribution in [3.63, 3.8) is 0 Å². The topological polar surface area (TPSA) is 52.9 Å². The second-order valence-corrected chi connectivity index (χ2v) is 4.38. The minimum absolute atomic E-state index is 0.00315. The van der Waals surface area contributed by atoms with Gasteiger partial charge in [0.25, 0.3) is 5.91 Å². The van der Waals surface area contributed by atoms with Gasteiger partial charge in [-0.05, 0) is 18.6 Å². The van der Waals surface area contributed by atoms with E-state index in [1.807, 2.05) is 4.90 Å². The second kappa shape index (κ2) is 6.43. The van der Waals surface area contributed by atoms with E-state index in [0.29, 0.717) is 30.2 Å². The van der Waals surface area contributed by atoms with E-state index in [4.69, 9.17) is 9.47 Å². The van der Waals surface area contributed by atoms with Crippen molar-refractivity contribution in [2.45, 2.75) is 6.42 Å². The highest BCUT2D eigenvalue weighted by atomic mass is 16.5. The number of carbonyl (C=O) groups excluding carboxylic acids is 1. The predicted molar refractivity (Wildman–Crippen MR) is 71.9 cm³/mol. The minimum atomic E-state index is -0.00315. The molecule has 0 unspecified atom stereocenters. The van der Waals surface area contributed by atoms with Crippen LogP contribution in [0.1, 0.15) is 16.8 Å². The molecule has 0 bridgehead atoms. The first-order valence-corrected chi connectivity index (χ1v) is 6.41. The van der Waals surface area contributed by atoms with Crippen molar-refractivity contribution in [1.29, 1.82) is 0 Å². The lowest BCUT2D eigenvalue weighted by molar-refractivity contribution is 0.0763. The highest BCUT2D eigenvalue weighted by Crippen LogP contribution is 2.25. The lowest BCUT2D eigenvalue weighted by Gasteiger charge is -2.21. The van der Waals surface area contributed by atoms with Crippen LogP contribution < -0.4 is 14.8 Å². The molecule has 1 aliphatic rings. The minimum Gasteiger partial charge on any atom is -0.497 e. The fourth-order valence-electron chi connectivity index (χ4n) is 2.14. The molecule has 2 rings (SSSR count). The molecule has 5 nitrogen and oxygen atoms in total. The Balaban J connectivity index is 2.21. The summed E-state index contributed by atoms with van der Waals surface area (Å²) in [6.07, 6.45) is 0.921. The number of rotatable bonds is 3. The molecule has 0 saturated carbocycles. The van der Waals surface area contributed by atoms with Gasteiger partial charge in [-0.3, -0.25) is 4.79 Å². The van der Waals surface area contributed by atoms with E-state index in [2.05, 4.69) is 5.32 Å². The van der Waals surface area contributed by atoms with Gasteiger partial charge in [-0.1, -0.05) is 0 Å². The molecule has 1 radical (unpaired) electrons. The van der Waals surface area contributed by atoms with E-state index in [9.17, 15) is 4.79 Å². The smallest absolute Gasteiger partial charge is 0.257 e. The van der Waals surface area contributed by atoms with E-state index < -0.39 is 0 Å². The van der Waals surface area contributed by atoms with Gasteiger partial charge in [0, 0.05) is 32.2 Å². The Hall–Kier alpha value is -1.75. The number of hydrogen-bond acceptors (Lipinski definition) is 3. The number of amides is 1. The third-order valence-electron chi connectivity index (χ3n) is 3.20. The summed E-state index contributed by atoms with van der Waals surface area (Å²) in [4.78, 5) is 14.3. The maximum absolute atomic E-state index is 12.5. The van der Waals surface area contributed by atoms with Gasteiger partial charge in [-0.2, -0.15) is 0 Å². The van der Waals surface area contributed by atoms with E-state index in [1.165, 1.54) is 0 Å². The van der Waals surface area contributed by atoms with Gasteiger partial charge in [0.05, 0.1) is 19.8 Å². The predicted octanol–water partition coefficient (Wildman–Crippen LogP) is 1.15. The van der Waals surface area contributed by atoms with Crippen molar-refractivity contribution < 1.29 is 14.3 Å². The molecule has 5 heteroatoms. The van der Waals surface area contributed by atoms with Crippen LogP contribution in [-0.4, -0.2) is 51.2 Å². The van der Waals surface area contributed by atoms with E-state index in [0.717, 1.165) is 19.5 Å². The first kappa shape index (κ1) is 13.7. The molecule has 1 heterocycles. The molecule has 1 saturated heterocycles. The first-order valence-electron chi connectivity index (χ1n) is 6.41. The lowest BCUT2D eigenvalue weighted by atomic mass is 10.1.